The van der Waals surface area contributed by atoms with Crippen LogP contribution in [0.3, 0.4) is 0 Å². The van der Waals surface area contributed by atoms with Gasteiger partial charge >= 0.3 is 0 Å². The molecule has 6 heteroatoms. The molecule has 0 spiro atoms. The van der Waals surface area contributed by atoms with Crippen molar-refractivity contribution in [1.82, 2.24) is 0 Å². The fourth-order valence-corrected chi connectivity index (χ4v) is 6.43. The van der Waals surface area contributed by atoms with Crippen molar-refractivity contribution in [2.45, 2.75) is 32.2 Å². The number of fused-ring (bicyclic) bond motifs is 2. The molecule has 0 saturated carbocycles. The van der Waals surface area contributed by atoms with E-state index >= 15 is 0 Å². The van der Waals surface area contributed by atoms with Crippen LogP contribution in [0.5, 0.6) is 0 Å². The van der Waals surface area contributed by atoms with Gasteiger partial charge in [-0.3, -0.25) is 0 Å². The third kappa shape index (κ3) is 4.84. The Kier molecular flexibility index (Phi) is 7.33. The van der Waals surface area contributed by atoms with Crippen LogP contribution in [0.25, 0.3) is 33.3 Å². The second-order valence-corrected chi connectivity index (χ2v) is 9.89. The SMILES string of the molecule is [C-]#[N+]/C=C/c1ccc2c(c1)N(CC)/C(=C\C(C)=C\c1sc3ccc(/C=C/C#N)cc3[n+]1CC)S2. The van der Waals surface area contributed by atoms with Crippen molar-refractivity contribution < 1.29 is 4.57 Å². The molecule has 0 amide bonds. The van der Waals surface area contributed by atoms with Crippen LogP contribution < -0.4 is 9.47 Å². The number of rotatable bonds is 6. The first kappa shape index (κ1) is 23.6. The maximum absolute atomic E-state index is 8.83. The first-order valence-electron chi connectivity index (χ1n) is 11.1. The smallest absolute Gasteiger partial charge is 0.262 e. The number of aryl methyl sites for hydroxylation is 1. The van der Waals surface area contributed by atoms with E-state index < -0.39 is 0 Å². The molecule has 168 valence electrons. The van der Waals surface area contributed by atoms with Gasteiger partial charge in [0.2, 0.25) is 5.52 Å². The van der Waals surface area contributed by atoms with Crippen molar-refractivity contribution in [3.05, 3.63) is 92.9 Å². The maximum atomic E-state index is 8.83. The lowest BCUT2D eigenvalue weighted by atomic mass is 10.2. The summed E-state index contributed by atoms with van der Waals surface area (Å²) in [6, 6.07) is 14.8. The molecule has 4 nitrogen and oxygen atoms in total. The van der Waals surface area contributed by atoms with Crippen LogP contribution in [0.15, 0.2) is 70.2 Å². The number of aromatic nitrogens is 1. The standard InChI is InChI=1S/C28H25N4S2/c1-5-31-23-18-21(8-7-14-29)9-11-25(23)33-27(31)16-20(3)17-28-32(6-2)24-19-22(13-15-30-4)10-12-26(24)34-28/h7-13,15-19H,5-6H2,1-3H3/q+1/b8-7+,15-13+. The monoisotopic (exact) mass is 481 g/mol. The van der Waals surface area contributed by atoms with Crippen LogP contribution in [0.2, 0.25) is 0 Å². The zero-order valence-corrected chi connectivity index (χ0v) is 21.1. The molecule has 4 rings (SSSR count). The van der Waals surface area contributed by atoms with Crippen molar-refractivity contribution in [1.29, 1.82) is 5.26 Å². The van der Waals surface area contributed by atoms with E-state index in [-0.39, 0.29) is 0 Å². The normalized spacial score (nSPS) is 14.9. The fraction of sp³-hybridized carbons (Fsp3) is 0.179. The van der Waals surface area contributed by atoms with Crippen molar-refractivity contribution in [2.75, 3.05) is 11.4 Å². The average Bonchev–Trinajstić information content (AvgIpc) is 3.36. The van der Waals surface area contributed by atoms with Crippen LogP contribution in [-0.2, 0) is 6.54 Å². The second-order valence-electron chi connectivity index (χ2n) is 7.76. The van der Waals surface area contributed by atoms with Gasteiger partial charge in [-0.05, 0) is 67.8 Å². The third-order valence-corrected chi connectivity index (χ3v) is 7.76. The van der Waals surface area contributed by atoms with E-state index in [0.717, 1.165) is 24.2 Å². The van der Waals surface area contributed by atoms with Crippen LogP contribution in [-0.4, -0.2) is 6.54 Å². The van der Waals surface area contributed by atoms with Crippen LogP contribution in [0, 0.1) is 17.9 Å². The number of allylic oxidation sites excluding steroid dienone is 3. The summed E-state index contributed by atoms with van der Waals surface area (Å²) in [5.74, 6) is 0. The number of thiazole rings is 1. The number of hydrogen-bond acceptors (Lipinski definition) is 4. The van der Waals surface area contributed by atoms with E-state index in [4.69, 9.17) is 11.8 Å². The minimum Gasteiger partial charge on any atom is -0.335 e. The number of anilines is 1. The molecule has 1 aliphatic heterocycles. The molecule has 34 heavy (non-hydrogen) atoms. The molecule has 2 heterocycles. The Balaban J connectivity index is 1.67. The summed E-state index contributed by atoms with van der Waals surface area (Å²) in [6.45, 7) is 15.2. The summed E-state index contributed by atoms with van der Waals surface area (Å²) in [5, 5.41) is 11.3. The van der Waals surface area contributed by atoms with Gasteiger partial charge in [0, 0.05) is 29.7 Å². The highest BCUT2D eigenvalue weighted by Gasteiger charge is 2.24. The first-order valence-corrected chi connectivity index (χ1v) is 12.8. The van der Waals surface area contributed by atoms with Gasteiger partial charge in [-0.2, -0.15) is 9.83 Å². The highest BCUT2D eigenvalue weighted by atomic mass is 32.2. The van der Waals surface area contributed by atoms with Crippen molar-refractivity contribution in [3.8, 4) is 6.07 Å². The van der Waals surface area contributed by atoms with Crippen molar-refractivity contribution >= 4 is 57.2 Å². The predicted octanol–water partition coefficient (Wildman–Crippen LogP) is 7.51. The molecule has 0 aliphatic carbocycles. The minimum absolute atomic E-state index is 0.878. The first-order chi connectivity index (χ1) is 16.6. The number of thioether (sulfide) groups is 1. The van der Waals surface area contributed by atoms with Gasteiger partial charge < -0.3 is 4.90 Å². The lowest BCUT2D eigenvalue weighted by Crippen LogP contribution is -2.33. The van der Waals surface area contributed by atoms with Gasteiger partial charge in [0.05, 0.1) is 23.4 Å². The molecule has 1 aromatic heterocycles. The second kappa shape index (κ2) is 10.6. The Labute approximate surface area is 209 Å². The van der Waals surface area contributed by atoms with Crippen LogP contribution >= 0.6 is 23.1 Å². The molecule has 0 radical (unpaired) electrons. The number of hydrogen-bond donors (Lipinski definition) is 0. The van der Waals surface area contributed by atoms with Gasteiger partial charge in [-0.1, -0.05) is 41.3 Å². The summed E-state index contributed by atoms with van der Waals surface area (Å²) in [6.07, 6.45) is 11.2. The van der Waals surface area contributed by atoms with Gasteiger partial charge in [0.15, 0.2) is 6.20 Å². The van der Waals surface area contributed by atoms with Crippen molar-refractivity contribution in [3.63, 3.8) is 0 Å². The molecule has 0 bridgehead atoms. The quantitative estimate of drug-likeness (QED) is 0.208. The van der Waals surface area contributed by atoms with E-state index in [2.05, 4.69) is 89.7 Å². The Bertz CT molecular complexity index is 1440. The van der Waals surface area contributed by atoms with Crippen molar-refractivity contribution in [2.24, 2.45) is 0 Å². The molecular weight excluding hydrogens is 456 g/mol. The lowest BCUT2D eigenvalue weighted by Gasteiger charge is -2.18. The zero-order chi connectivity index (χ0) is 24.1. The minimum atomic E-state index is 0.878. The number of nitriles is 1. The molecule has 3 aromatic rings. The summed E-state index contributed by atoms with van der Waals surface area (Å²) in [7, 11) is 0. The van der Waals surface area contributed by atoms with Crippen LogP contribution in [0.1, 0.15) is 36.9 Å². The molecular formula is C28H25N4S2+. The number of benzene rings is 2. The average molecular weight is 482 g/mol. The molecule has 0 atom stereocenters. The maximum Gasteiger partial charge on any atom is 0.262 e. The summed E-state index contributed by atoms with van der Waals surface area (Å²) in [5.41, 5.74) is 5.66. The molecule has 0 saturated heterocycles. The van der Waals surface area contributed by atoms with E-state index in [0.29, 0.717) is 0 Å². The van der Waals surface area contributed by atoms with E-state index in [1.54, 1.807) is 23.1 Å². The summed E-state index contributed by atoms with van der Waals surface area (Å²) >= 11 is 3.58. The Hall–Kier alpha value is -3.58. The van der Waals surface area contributed by atoms with E-state index in [1.165, 1.54) is 48.7 Å². The lowest BCUT2D eigenvalue weighted by molar-refractivity contribution is -0.665. The zero-order valence-electron chi connectivity index (χ0n) is 19.4. The molecule has 0 fully saturated rings. The summed E-state index contributed by atoms with van der Waals surface area (Å²) < 4.78 is 3.57. The summed E-state index contributed by atoms with van der Waals surface area (Å²) in [4.78, 5) is 6.89. The molecule has 2 aromatic carbocycles. The van der Waals surface area contributed by atoms with Gasteiger partial charge in [-0.15, -0.1) is 0 Å². The highest BCUT2D eigenvalue weighted by Crippen LogP contribution is 2.46. The molecule has 1 aliphatic rings. The Morgan fingerprint density at radius 2 is 1.97 bits per heavy atom. The third-order valence-electron chi connectivity index (χ3n) is 5.54. The molecule has 0 unspecified atom stereocenters. The largest absolute Gasteiger partial charge is 0.335 e. The Morgan fingerprint density at radius 3 is 2.71 bits per heavy atom. The van der Waals surface area contributed by atoms with E-state index in [1.807, 2.05) is 12.2 Å². The van der Waals surface area contributed by atoms with Gasteiger partial charge in [0.25, 0.3) is 5.01 Å². The number of nitrogens with zero attached hydrogens (tertiary/aromatic N) is 4. The van der Waals surface area contributed by atoms with Crippen LogP contribution in [0.4, 0.5) is 5.69 Å². The highest BCUT2D eigenvalue weighted by molar-refractivity contribution is 8.03. The Morgan fingerprint density at radius 1 is 1.18 bits per heavy atom. The predicted molar refractivity (Wildman–Crippen MR) is 145 cm³/mol. The fourth-order valence-electron chi connectivity index (χ4n) is 4.00. The van der Waals surface area contributed by atoms with Gasteiger partial charge in [0.1, 0.15) is 11.2 Å². The van der Waals surface area contributed by atoms with Gasteiger partial charge in [-0.25, -0.2) is 4.85 Å². The molecule has 0 N–H and O–H groups in total. The topological polar surface area (TPSA) is 35.3 Å². The van der Waals surface area contributed by atoms with E-state index in [9.17, 15) is 0 Å².